The first-order valence-corrected chi connectivity index (χ1v) is 7.11. The van der Waals surface area contributed by atoms with Gasteiger partial charge in [-0.15, -0.1) is 0 Å². The fraction of sp³-hybridized carbons (Fsp3) is 0.125. The highest BCUT2D eigenvalue weighted by atomic mass is 16.2. The average Bonchev–Trinajstić information content (AvgIpc) is 2.99. The topological polar surface area (TPSA) is 99.8 Å². The molecular weight excluding hydrogens is 294 g/mol. The number of carbonyl (C=O) groups excluding carboxylic acids is 2. The number of nitrogens with zero attached hydrogens (tertiary/aromatic N) is 2. The van der Waals surface area contributed by atoms with Crippen LogP contribution in [0.25, 0.3) is 10.9 Å². The van der Waals surface area contributed by atoms with E-state index < -0.39 is 11.9 Å². The number of hydrogen-bond donors (Lipinski definition) is 3. The van der Waals surface area contributed by atoms with E-state index in [4.69, 9.17) is 0 Å². The van der Waals surface area contributed by atoms with Gasteiger partial charge in [-0.05, 0) is 25.1 Å². The van der Waals surface area contributed by atoms with Crippen LogP contribution in [0.4, 0.5) is 5.82 Å². The lowest BCUT2D eigenvalue weighted by Crippen LogP contribution is -2.41. The molecule has 1 aromatic carbocycles. The van der Waals surface area contributed by atoms with Crippen molar-refractivity contribution in [3.8, 4) is 0 Å². The Hall–Kier alpha value is -3.22. The third-order valence-corrected chi connectivity index (χ3v) is 3.34. The number of rotatable bonds is 4. The zero-order valence-corrected chi connectivity index (χ0v) is 12.4. The van der Waals surface area contributed by atoms with Gasteiger partial charge in [0.1, 0.15) is 11.9 Å². The molecule has 0 aliphatic heterocycles. The van der Waals surface area contributed by atoms with Gasteiger partial charge in [-0.25, -0.2) is 4.98 Å². The largest absolute Gasteiger partial charge is 0.339 e. The van der Waals surface area contributed by atoms with E-state index in [1.807, 2.05) is 18.2 Å². The molecule has 1 atom stereocenters. The van der Waals surface area contributed by atoms with Crippen LogP contribution in [0.1, 0.15) is 17.4 Å². The highest BCUT2D eigenvalue weighted by Crippen LogP contribution is 2.15. The molecule has 7 nitrogen and oxygen atoms in total. The van der Waals surface area contributed by atoms with Crippen molar-refractivity contribution in [2.24, 2.45) is 0 Å². The molecule has 0 radical (unpaired) electrons. The predicted molar refractivity (Wildman–Crippen MR) is 85.9 cm³/mol. The zero-order valence-electron chi connectivity index (χ0n) is 12.4. The van der Waals surface area contributed by atoms with E-state index in [1.165, 1.54) is 0 Å². The minimum Gasteiger partial charge on any atom is -0.339 e. The first kappa shape index (κ1) is 14.7. The van der Waals surface area contributed by atoms with Gasteiger partial charge in [-0.2, -0.15) is 5.10 Å². The Balaban J connectivity index is 1.68. The van der Waals surface area contributed by atoms with E-state index in [0.29, 0.717) is 11.2 Å². The molecule has 0 unspecified atom stereocenters. The Labute approximate surface area is 132 Å². The number of hydrogen-bond acceptors (Lipinski definition) is 4. The number of aromatic nitrogens is 3. The maximum atomic E-state index is 12.3. The maximum Gasteiger partial charge on any atom is 0.273 e. The first-order chi connectivity index (χ1) is 11.1. The molecule has 3 aromatic rings. The Bertz CT molecular complexity index is 844. The van der Waals surface area contributed by atoms with Gasteiger partial charge in [0.2, 0.25) is 5.91 Å². The molecule has 23 heavy (non-hydrogen) atoms. The van der Waals surface area contributed by atoms with Gasteiger partial charge < -0.3 is 10.6 Å². The van der Waals surface area contributed by atoms with E-state index in [9.17, 15) is 9.59 Å². The number of H-pyrrole nitrogens is 1. The number of aromatic amines is 1. The second-order valence-electron chi connectivity index (χ2n) is 5.02. The van der Waals surface area contributed by atoms with Crippen molar-refractivity contribution >= 4 is 28.5 Å². The number of para-hydroxylation sites is 1. The number of nitrogens with one attached hydrogen (secondary N) is 3. The standard InChI is InChI=1S/C16H15N5O2/c1-10(15(22)19-13-8-4-5-9-17-13)18-16(23)14-11-6-2-3-7-12(11)20-21-14/h2-10H,1H3,(H,18,23)(H,20,21)(H,17,19,22)/t10-/m1/s1. The van der Waals surface area contributed by atoms with Gasteiger partial charge >= 0.3 is 0 Å². The molecule has 0 saturated heterocycles. The summed E-state index contributed by atoms with van der Waals surface area (Å²) >= 11 is 0. The number of pyridine rings is 1. The van der Waals surface area contributed by atoms with Crippen LogP contribution < -0.4 is 10.6 Å². The van der Waals surface area contributed by atoms with Crippen molar-refractivity contribution in [1.82, 2.24) is 20.5 Å². The van der Waals surface area contributed by atoms with Gasteiger partial charge in [0, 0.05) is 11.6 Å². The van der Waals surface area contributed by atoms with Crippen LogP contribution in [-0.4, -0.2) is 33.0 Å². The van der Waals surface area contributed by atoms with Gasteiger partial charge in [-0.3, -0.25) is 14.7 Å². The number of benzene rings is 1. The number of amides is 2. The third kappa shape index (κ3) is 3.18. The monoisotopic (exact) mass is 309 g/mol. The quantitative estimate of drug-likeness (QED) is 0.683. The normalized spacial score (nSPS) is 11.9. The van der Waals surface area contributed by atoms with Gasteiger partial charge in [-0.1, -0.05) is 24.3 Å². The Morgan fingerprint density at radius 3 is 2.70 bits per heavy atom. The van der Waals surface area contributed by atoms with Crippen molar-refractivity contribution in [3.05, 3.63) is 54.4 Å². The molecule has 0 spiro atoms. The van der Waals surface area contributed by atoms with Crippen LogP contribution >= 0.6 is 0 Å². The zero-order chi connectivity index (χ0) is 16.2. The fourth-order valence-corrected chi connectivity index (χ4v) is 2.14. The molecule has 0 bridgehead atoms. The van der Waals surface area contributed by atoms with E-state index in [-0.39, 0.29) is 11.6 Å². The Kier molecular flexibility index (Phi) is 4.01. The summed E-state index contributed by atoms with van der Waals surface area (Å²) in [4.78, 5) is 28.4. The lowest BCUT2D eigenvalue weighted by molar-refractivity contribution is -0.117. The van der Waals surface area contributed by atoms with Gasteiger partial charge in [0.15, 0.2) is 5.69 Å². The number of fused-ring (bicyclic) bond motifs is 1. The van der Waals surface area contributed by atoms with Crippen molar-refractivity contribution in [1.29, 1.82) is 0 Å². The minimum atomic E-state index is -0.722. The predicted octanol–water partition coefficient (Wildman–Crippen LogP) is 1.71. The lowest BCUT2D eigenvalue weighted by Gasteiger charge is -2.13. The molecule has 116 valence electrons. The van der Waals surface area contributed by atoms with Crippen LogP contribution in [0.3, 0.4) is 0 Å². The molecule has 0 saturated carbocycles. The molecule has 2 amide bonds. The van der Waals surface area contributed by atoms with Crippen molar-refractivity contribution < 1.29 is 9.59 Å². The summed E-state index contributed by atoms with van der Waals surface area (Å²) in [6.45, 7) is 1.60. The summed E-state index contributed by atoms with van der Waals surface area (Å²) in [5, 5.41) is 12.8. The molecule has 3 rings (SSSR count). The SMILES string of the molecule is C[C@@H](NC(=O)c1n[nH]c2ccccc12)C(=O)Nc1ccccn1. The van der Waals surface area contributed by atoms with Gasteiger partial charge in [0.05, 0.1) is 5.52 Å². The second kappa shape index (κ2) is 6.27. The minimum absolute atomic E-state index is 0.262. The number of anilines is 1. The summed E-state index contributed by atoms with van der Waals surface area (Å²) in [6, 6.07) is 11.8. The van der Waals surface area contributed by atoms with Crippen molar-refractivity contribution in [3.63, 3.8) is 0 Å². The molecule has 2 heterocycles. The van der Waals surface area contributed by atoms with Crippen LogP contribution in [0.5, 0.6) is 0 Å². The summed E-state index contributed by atoms with van der Waals surface area (Å²) in [6.07, 6.45) is 1.58. The highest BCUT2D eigenvalue weighted by Gasteiger charge is 2.20. The van der Waals surface area contributed by atoms with Crippen molar-refractivity contribution in [2.45, 2.75) is 13.0 Å². The molecular formula is C16H15N5O2. The van der Waals surface area contributed by atoms with Gasteiger partial charge in [0.25, 0.3) is 5.91 Å². The average molecular weight is 309 g/mol. The van der Waals surface area contributed by atoms with Crippen LogP contribution in [0, 0.1) is 0 Å². The molecule has 0 fully saturated rings. The number of carbonyl (C=O) groups is 2. The van der Waals surface area contributed by atoms with E-state index >= 15 is 0 Å². The molecule has 3 N–H and O–H groups in total. The third-order valence-electron chi connectivity index (χ3n) is 3.34. The van der Waals surface area contributed by atoms with Crippen molar-refractivity contribution in [2.75, 3.05) is 5.32 Å². The fourth-order valence-electron chi connectivity index (χ4n) is 2.14. The summed E-state index contributed by atoms with van der Waals surface area (Å²) in [7, 11) is 0. The smallest absolute Gasteiger partial charge is 0.273 e. The first-order valence-electron chi connectivity index (χ1n) is 7.11. The van der Waals surface area contributed by atoms with E-state index in [2.05, 4.69) is 25.8 Å². The summed E-state index contributed by atoms with van der Waals surface area (Å²) < 4.78 is 0. The summed E-state index contributed by atoms with van der Waals surface area (Å²) in [5.41, 5.74) is 1.03. The van der Waals surface area contributed by atoms with E-state index in [0.717, 1.165) is 5.52 Å². The van der Waals surface area contributed by atoms with Crippen LogP contribution in [-0.2, 0) is 4.79 Å². The molecule has 0 aliphatic rings. The van der Waals surface area contributed by atoms with Crippen LogP contribution in [0.2, 0.25) is 0 Å². The van der Waals surface area contributed by atoms with E-state index in [1.54, 1.807) is 37.4 Å². The lowest BCUT2D eigenvalue weighted by atomic mass is 10.2. The maximum absolute atomic E-state index is 12.3. The molecule has 0 aliphatic carbocycles. The highest BCUT2D eigenvalue weighted by molar-refractivity contribution is 6.06. The second-order valence-corrected chi connectivity index (χ2v) is 5.02. The molecule has 7 heteroatoms. The molecule has 2 aromatic heterocycles. The Morgan fingerprint density at radius 1 is 1.13 bits per heavy atom. The Morgan fingerprint density at radius 2 is 1.91 bits per heavy atom. The van der Waals surface area contributed by atoms with Crippen LogP contribution in [0.15, 0.2) is 48.7 Å². The summed E-state index contributed by atoms with van der Waals surface area (Å²) in [5.74, 6) is -0.327.